The van der Waals surface area contributed by atoms with Gasteiger partial charge in [0.1, 0.15) is 0 Å². The lowest BCUT2D eigenvalue weighted by atomic mass is 9.88. The second kappa shape index (κ2) is 6.36. The van der Waals surface area contributed by atoms with Crippen LogP contribution in [0.1, 0.15) is 40.5 Å². The van der Waals surface area contributed by atoms with Gasteiger partial charge in [-0.25, -0.2) is 0 Å². The third-order valence-electron chi connectivity index (χ3n) is 3.46. The van der Waals surface area contributed by atoms with Crippen molar-refractivity contribution < 1.29 is 9.53 Å². The molecule has 0 aromatic carbocycles. The van der Waals surface area contributed by atoms with Crippen molar-refractivity contribution in [2.45, 2.75) is 52.6 Å². The topological polar surface area (TPSA) is 50.4 Å². The summed E-state index contributed by atoms with van der Waals surface area (Å²) in [6.45, 7) is 10.7. The number of hydrogen-bond acceptors (Lipinski definition) is 3. The van der Waals surface area contributed by atoms with Crippen LogP contribution < -0.4 is 10.6 Å². The van der Waals surface area contributed by atoms with Crippen LogP contribution >= 0.6 is 0 Å². The number of carbonyl (C=O) groups is 1. The summed E-state index contributed by atoms with van der Waals surface area (Å²) in [6, 6.07) is 0.169. The van der Waals surface area contributed by atoms with Gasteiger partial charge in [-0.1, -0.05) is 20.8 Å². The van der Waals surface area contributed by atoms with Crippen molar-refractivity contribution in [2.24, 2.45) is 5.41 Å². The minimum atomic E-state index is -0.131. The van der Waals surface area contributed by atoms with Crippen molar-refractivity contribution in [1.29, 1.82) is 0 Å². The Hall–Kier alpha value is -0.610. The molecule has 1 atom stereocenters. The fourth-order valence-corrected chi connectivity index (χ4v) is 1.86. The predicted molar refractivity (Wildman–Crippen MR) is 68.9 cm³/mol. The first kappa shape index (κ1) is 14.5. The van der Waals surface area contributed by atoms with E-state index in [4.69, 9.17) is 4.74 Å². The van der Waals surface area contributed by atoms with Gasteiger partial charge in [0, 0.05) is 18.0 Å². The smallest absolute Gasteiger partial charge is 0.237 e. The number of carbonyl (C=O) groups excluding carboxylic acids is 1. The van der Waals surface area contributed by atoms with Crippen molar-refractivity contribution in [3.63, 3.8) is 0 Å². The Morgan fingerprint density at radius 2 is 1.94 bits per heavy atom. The zero-order valence-electron chi connectivity index (χ0n) is 11.5. The molecule has 0 aromatic rings. The molecular weight excluding hydrogens is 216 g/mol. The van der Waals surface area contributed by atoms with E-state index in [0.717, 1.165) is 32.6 Å². The van der Waals surface area contributed by atoms with E-state index >= 15 is 0 Å². The molecule has 1 aliphatic heterocycles. The average Bonchev–Trinajstić information content (AvgIpc) is 2.30. The van der Waals surface area contributed by atoms with Gasteiger partial charge in [0.2, 0.25) is 5.91 Å². The summed E-state index contributed by atoms with van der Waals surface area (Å²) in [7, 11) is 0. The van der Waals surface area contributed by atoms with E-state index in [-0.39, 0.29) is 17.4 Å². The molecule has 100 valence electrons. The molecule has 2 N–H and O–H groups in total. The lowest BCUT2D eigenvalue weighted by Gasteiger charge is -2.38. The predicted octanol–water partition coefficient (Wildman–Crippen LogP) is 1.31. The first-order chi connectivity index (χ1) is 8.00. The van der Waals surface area contributed by atoms with E-state index in [2.05, 4.69) is 31.4 Å². The third kappa shape index (κ3) is 4.28. The van der Waals surface area contributed by atoms with E-state index in [0.29, 0.717) is 6.04 Å². The summed E-state index contributed by atoms with van der Waals surface area (Å²) in [5, 5.41) is 6.34. The fourth-order valence-electron chi connectivity index (χ4n) is 1.86. The molecule has 0 saturated carbocycles. The Morgan fingerprint density at radius 3 is 2.35 bits per heavy atom. The van der Waals surface area contributed by atoms with Crippen LogP contribution in [0.2, 0.25) is 0 Å². The zero-order valence-corrected chi connectivity index (χ0v) is 11.5. The van der Waals surface area contributed by atoms with E-state index < -0.39 is 0 Å². The van der Waals surface area contributed by atoms with Gasteiger partial charge in [-0.05, 0) is 19.8 Å². The molecule has 1 amide bonds. The second-order valence-electron chi connectivity index (χ2n) is 5.43. The maximum absolute atomic E-state index is 11.9. The summed E-state index contributed by atoms with van der Waals surface area (Å²) in [6.07, 6.45) is 1.97. The monoisotopic (exact) mass is 242 g/mol. The minimum Gasteiger partial charge on any atom is -0.380 e. The van der Waals surface area contributed by atoms with Gasteiger partial charge in [-0.3, -0.25) is 4.79 Å². The summed E-state index contributed by atoms with van der Waals surface area (Å²) in [5.41, 5.74) is 0.212. The standard InChI is InChI=1S/C13H26N2O2/c1-5-11(6-2)15-12(16)10(3)14-7-13(4)8-17-9-13/h10-11,14H,5-9H2,1-4H3,(H,15,16). The molecular formula is C13H26N2O2. The fraction of sp³-hybridized carbons (Fsp3) is 0.923. The molecule has 1 saturated heterocycles. The van der Waals surface area contributed by atoms with Gasteiger partial charge in [0.05, 0.1) is 19.3 Å². The summed E-state index contributed by atoms with van der Waals surface area (Å²) < 4.78 is 5.19. The first-order valence-electron chi connectivity index (χ1n) is 6.62. The van der Waals surface area contributed by atoms with E-state index in [1.165, 1.54) is 0 Å². The van der Waals surface area contributed by atoms with Crippen molar-refractivity contribution in [3.8, 4) is 0 Å². The van der Waals surface area contributed by atoms with Gasteiger partial charge in [-0.2, -0.15) is 0 Å². The summed E-state index contributed by atoms with van der Waals surface area (Å²) >= 11 is 0. The van der Waals surface area contributed by atoms with Crippen LogP contribution in [0.25, 0.3) is 0 Å². The van der Waals surface area contributed by atoms with Crippen molar-refractivity contribution in [1.82, 2.24) is 10.6 Å². The minimum absolute atomic E-state index is 0.0996. The van der Waals surface area contributed by atoms with Crippen LogP contribution in [-0.2, 0) is 9.53 Å². The van der Waals surface area contributed by atoms with Crippen molar-refractivity contribution in [2.75, 3.05) is 19.8 Å². The van der Waals surface area contributed by atoms with Crippen LogP contribution in [0.3, 0.4) is 0 Å². The normalized spacial score (nSPS) is 19.8. The number of rotatable bonds is 7. The Bertz CT molecular complexity index is 248. The molecule has 0 aromatic heterocycles. The Kier molecular flexibility index (Phi) is 5.40. The van der Waals surface area contributed by atoms with Crippen LogP contribution in [-0.4, -0.2) is 37.7 Å². The van der Waals surface area contributed by atoms with Crippen molar-refractivity contribution >= 4 is 5.91 Å². The largest absolute Gasteiger partial charge is 0.380 e. The van der Waals surface area contributed by atoms with Crippen molar-refractivity contribution in [3.05, 3.63) is 0 Å². The molecule has 1 unspecified atom stereocenters. The lowest BCUT2D eigenvalue weighted by Crippen LogP contribution is -2.53. The maximum Gasteiger partial charge on any atom is 0.237 e. The van der Waals surface area contributed by atoms with Crippen LogP contribution in [0.5, 0.6) is 0 Å². The molecule has 0 spiro atoms. The van der Waals surface area contributed by atoms with E-state index in [9.17, 15) is 4.79 Å². The molecule has 0 bridgehead atoms. The number of ether oxygens (including phenoxy) is 1. The Labute approximate surface area is 104 Å². The summed E-state index contributed by atoms with van der Waals surface area (Å²) in [4.78, 5) is 11.9. The third-order valence-corrected chi connectivity index (χ3v) is 3.46. The van der Waals surface area contributed by atoms with Gasteiger partial charge in [0.25, 0.3) is 0 Å². The van der Waals surface area contributed by atoms with E-state index in [1.54, 1.807) is 0 Å². The molecule has 1 aliphatic rings. The molecule has 4 nitrogen and oxygen atoms in total. The first-order valence-corrected chi connectivity index (χ1v) is 6.62. The van der Waals surface area contributed by atoms with Crippen LogP contribution in [0, 0.1) is 5.41 Å². The van der Waals surface area contributed by atoms with Crippen LogP contribution in [0.15, 0.2) is 0 Å². The van der Waals surface area contributed by atoms with Crippen LogP contribution in [0.4, 0.5) is 0 Å². The molecule has 4 heteroatoms. The number of nitrogens with one attached hydrogen (secondary N) is 2. The SMILES string of the molecule is CCC(CC)NC(=O)C(C)NCC1(C)COC1. The molecule has 1 fully saturated rings. The highest BCUT2D eigenvalue weighted by molar-refractivity contribution is 5.81. The highest BCUT2D eigenvalue weighted by Gasteiger charge is 2.33. The maximum atomic E-state index is 11.9. The molecule has 0 radical (unpaired) electrons. The quantitative estimate of drug-likeness (QED) is 0.707. The van der Waals surface area contributed by atoms with Gasteiger partial charge in [0.15, 0.2) is 0 Å². The Morgan fingerprint density at radius 1 is 1.35 bits per heavy atom. The van der Waals surface area contributed by atoms with Gasteiger partial charge in [-0.15, -0.1) is 0 Å². The lowest BCUT2D eigenvalue weighted by molar-refractivity contribution is -0.125. The average molecular weight is 242 g/mol. The second-order valence-corrected chi connectivity index (χ2v) is 5.43. The molecule has 0 aliphatic carbocycles. The molecule has 1 rings (SSSR count). The zero-order chi connectivity index (χ0) is 12.9. The summed E-state index contributed by atoms with van der Waals surface area (Å²) in [5.74, 6) is 0.0996. The molecule has 1 heterocycles. The highest BCUT2D eigenvalue weighted by Crippen LogP contribution is 2.25. The molecule has 17 heavy (non-hydrogen) atoms. The Balaban J connectivity index is 2.26. The number of hydrogen-bond donors (Lipinski definition) is 2. The highest BCUT2D eigenvalue weighted by atomic mass is 16.5. The van der Waals surface area contributed by atoms with Gasteiger partial charge < -0.3 is 15.4 Å². The van der Waals surface area contributed by atoms with Gasteiger partial charge >= 0.3 is 0 Å². The number of amides is 1. The van der Waals surface area contributed by atoms with E-state index in [1.807, 2.05) is 6.92 Å².